The lowest BCUT2D eigenvalue weighted by atomic mass is 10.1. The van der Waals surface area contributed by atoms with Crippen LogP contribution in [0.15, 0.2) is 6.33 Å². The van der Waals surface area contributed by atoms with E-state index >= 15 is 0 Å². The first kappa shape index (κ1) is 14.1. The maximum absolute atomic E-state index is 5.27. The largest absolute Gasteiger partial charge is 0.384 e. The van der Waals surface area contributed by atoms with Crippen molar-refractivity contribution in [2.45, 2.75) is 19.8 Å². The van der Waals surface area contributed by atoms with Crippen LogP contribution in [0.3, 0.4) is 0 Å². The molecule has 0 aromatic carbocycles. The molecule has 2 aromatic rings. The van der Waals surface area contributed by atoms with Crippen LogP contribution < -0.4 is 10.2 Å². The van der Waals surface area contributed by atoms with Crippen LogP contribution in [0.4, 0.5) is 11.8 Å². The topological polar surface area (TPSA) is 79.0 Å². The van der Waals surface area contributed by atoms with Gasteiger partial charge in [-0.2, -0.15) is 9.97 Å². The number of methoxy groups -OCH3 is 1. The molecule has 1 atom stereocenters. The van der Waals surface area contributed by atoms with Gasteiger partial charge in [-0.25, -0.2) is 4.98 Å². The van der Waals surface area contributed by atoms with Gasteiger partial charge in [0.05, 0.1) is 12.9 Å². The molecule has 0 spiro atoms. The molecule has 2 aromatic heterocycles. The Morgan fingerprint density at radius 2 is 2.38 bits per heavy atom. The second kappa shape index (κ2) is 6.26. The van der Waals surface area contributed by atoms with Gasteiger partial charge in [0.1, 0.15) is 5.52 Å². The Bertz CT molecular complexity index is 598. The molecule has 7 heteroatoms. The first-order valence-corrected chi connectivity index (χ1v) is 7.50. The smallest absolute Gasteiger partial charge is 0.226 e. The van der Waals surface area contributed by atoms with Crippen molar-refractivity contribution in [1.29, 1.82) is 0 Å². The summed E-state index contributed by atoms with van der Waals surface area (Å²) in [5.41, 5.74) is 1.63. The number of H-pyrrole nitrogens is 1. The van der Waals surface area contributed by atoms with Crippen molar-refractivity contribution >= 4 is 22.9 Å². The molecule has 1 aliphatic heterocycles. The molecule has 3 heterocycles. The van der Waals surface area contributed by atoms with Gasteiger partial charge >= 0.3 is 0 Å². The van der Waals surface area contributed by atoms with E-state index in [-0.39, 0.29) is 0 Å². The highest BCUT2D eigenvalue weighted by Gasteiger charge is 2.26. The Hall–Kier alpha value is -1.89. The van der Waals surface area contributed by atoms with Crippen LogP contribution in [0, 0.1) is 5.92 Å². The van der Waals surface area contributed by atoms with Crippen molar-refractivity contribution < 1.29 is 4.74 Å². The molecule has 0 bridgehead atoms. The van der Waals surface area contributed by atoms with Gasteiger partial charge < -0.3 is 19.9 Å². The number of ether oxygens (including phenoxy) is 1. The molecule has 0 amide bonds. The summed E-state index contributed by atoms with van der Waals surface area (Å²) in [6.07, 6.45) is 3.84. The summed E-state index contributed by atoms with van der Waals surface area (Å²) in [6.45, 7) is 5.74. The highest BCUT2D eigenvalue weighted by molar-refractivity contribution is 5.84. The SMILES string of the molecule is CCCNc1nc(N2CCC(COC)C2)c2[nH]cnc2n1. The van der Waals surface area contributed by atoms with Crippen LogP contribution >= 0.6 is 0 Å². The predicted octanol–water partition coefficient (Wildman–Crippen LogP) is 1.65. The van der Waals surface area contributed by atoms with Crippen molar-refractivity contribution in [3.05, 3.63) is 6.33 Å². The van der Waals surface area contributed by atoms with Crippen LogP contribution in [-0.4, -0.2) is 53.3 Å². The second-order valence-corrected chi connectivity index (χ2v) is 5.45. The lowest BCUT2D eigenvalue weighted by Gasteiger charge is -2.18. The van der Waals surface area contributed by atoms with E-state index in [1.807, 2.05) is 0 Å². The zero-order valence-electron chi connectivity index (χ0n) is 12.6. The van der Waals surface area contributed by atoms with Crippen LogP contribution in [0.25, 0.3) is 11.2 Å². The third-order valence-corrected chi connectivity index (χ3v) is 3.79. The van der Waals surface area contributed by atoms with E-state index < -0.39 is 0 Å². The number of hydrogen-bond donors (Lipinski definition) is 2. The minimum absolute atomic E-state index is 0.565. The number of rotatable bonds is 6. The van der Waals surface area contributed by atoms with Crippen LogP contribution in [0.2, 0.25) is 0 Å². The number of nitrogens with one attached hydrogen (secondary N) is 2. The summed E-state index contributed by atoms with van der Waals surface area (Å²) in [5, 5.41) is 3.25. The lowest BCUT2D eigenvalue weighted by molar-refractivity contribution is 0.161. The quantitative estimate of drug-likeness (QED) is 0.842. The molecule has 114 valence electrons. The Balaban J connectivity index is 1.87. The number of anilines is 2. The van der Waals surface area contributed by atoms with Crippen molar-refractivity contribution in [3.63, 3.8) is 0 Å². The molecule has 3 rings (SSSR count). The molecule has 1 unspecified atom stereocenters. The van der Waals surface area contributed by atoms with Crippen LogP contribution in [0.5, 0.6) is 0 Å². The van der Waals surface area contributed by atoms with E-state index in [9.17, 15) is 0 Å². The summed E-state index contributed by atoms with van der Waals surface area (Å²) < 4.78 is 5.27. The summed E-state index contributed by atoms with van der Waals surface area (Å²) in [5.74, 6) is 2.16. The zero-order chi connectivity index (χ0) is 14.7. The van der Waals surface area contributed by atoms with Crippen molar-refractivity contribution in [2.24, 2.45) is 5.92 Å². The molecule has 0 radical (unpaired) electrons. The van der Waals surface area contributed by atoms with Gasteiger partial charge in [0, 0.05) is 32.7 Å². The van der Waals surface area contributed by atoms with E-state index in [1.165, 1.54) is 0 Å². The molecule has 1 aliphatic rings. The Kier molecular flexibility index (Phi) is 4.19. The average Bonchev–Trinajstić information content (AvgIpc) is 3.13. The molecule has 0 saturated carbocycles. The normalized spacial score (nSPS) is 18.6. The van der Waals surface area contributed by atoms with Gasteiger partial charge in [0.2, 0.25) is 5.95 Å². The van der Waals surface area contributed by atoms with E-state index in [0.717, 1.165) is 50.4 Å². The number of fused-ring (bicyclic) bond motifs is 1. The number of aromatic amines is 1. The Morgan fingerprint density at radius 3 is 3.19 bits per heavy atom. The van der Waals surface area contributed by atoms with Gasteiger partial charge in [-0.15, -0.1) is 0 Å². The Morgan fingerprint density at radius 1 is 1.48 bits per heavy atom. The highest BCUT2D eigenvalue weighted by atomic mass is 16.5. The fourth-order valence-corrected chi connectivity index (χ4v) is 2.76. The first-order chi connectivity index (χ1) is 10.3. The van der Waals surface area contributed by atoms with Crippen molar-refractivity contribution in [2.75, 3.05) is 43.6 Å². The third-order valence-electron chi connectivity index (χ3n) is 3.79. The second-order valence-electron chi connectivity index (χ2n) is 5.45. The zero-order valence-corrected chi connectivity index (χ0v) is 12.6. The summed E-state index contributed by atoms with van der Waals surface area (Å²) in [6, 6.07) is 0. The first-order valence-electron chi connectivity index (χ1n) is 7.50. The third kappa shape index (κ3) is 2.92. The molecule has 21 heavy (non-hydrogen) atoms. The van der Waals surface area contributed by atoms with Crippen LogP contribution in [-0.2, 0) is 4.74 Å². The molecule has 2 N–H and O–H groups in total. The fraction of sp³-hybridized carbons (Fsp3) is 0.643. The number of hydrogen-bond acceptors (Lipinski definition) is 6. The maximum atomic E-state index is 5.27. The maximum Gasteiger partial charge on any atom is 0.226 e. The van der Waals surface area contributed by atoms with Crippen molar-refractivity contribution in [1.82, 2.24) is 19.9 Å². The van der Waals surface area contributed by atoms with Gasteiger partial charge in [-0.3, -0.25) is 0 Å². The highest BCUT2D eigenvalue weighted by Crippen LogP contribution is 2.28. The molecule has 1 saturated heterocycles. The summed E-state index contributed by atoms with van der Waals surface area (Å²) in [7, 11) is 1.76. The summed E-state index contributed by atoms with van der Waals surface area (Å²) in [4.78, 5) is 18.9. The molecular formula is C14H22N6O. The van der Waals surface area contributed by atoms with Gasteiger partial charge in [0.25, 0.3) is 0 Å². The molecule has 1 fully saturated rings. The average molecular weight is 290 g/mol. The van der Waals surface area contributed by atoms with E-state index in [0.29, 0.717) is 17.5 Å². The van der Waals surface area contributed by atoms with Gasteiger partial charge in [-0.1, -0.05) is 6.92 Å². The molecule has 7 nitrogen and oxygen atoms in total. The van der Waals surface area contributed by atoms with E-state index in [1.54, 1.807) is 13.4 Å². The van der Waals surface area contributed by atoms with Crippen LogP contribution in [0.1, 0.15) is 19.8 Å². The van der Waals surface area contributed by atoms with Crippen molar-refractivity contribution in [3.8, 4) is 0 Å². The molecular weight excluding hydrogens is 268 g/mol. The Labute approximate surface area is 124 Å². The number of imidazole rings is 1. The standard InChI is InChI=1S/C14H22N6O/c1-3-5-15-14-18-12-11(16-9-17-12)13(19-14)20-6-4-10(7-20)8-21-2/h9-10H,3-8H2,1-2H3,(H2,15,16,17,18,19). The number of nitrogens with zero attached hydrogens (tertiary/aromatic N) is 4. The summed E-state index contributed by atoms with van der Waals surface area (Å²) >= 11 is 0. The minimum atomic E-state index is 0.565. The van der Waals surface area contributed by atoms with E-state index in [4.69, 9.17) is 4.74 Å². The molecule has 0 aliphatic carbocycles. The fourth-order valence-electron chi connectivity index (χ4n) is 2.76. The predicted molar refractivity (Wildman–Crippen MR) is 82.7 cm³/mol. The van der Waals surface area contributed by atoms with Gasteiger partial charge in [-0.05, 0) is 12.8 Å². The number of aromatic nitrogens is 4. The van der Waals surface area contributed by atoms with Gasteiger partial charge in [0.15, 0.2) is 11.5 Å². The minimum Gasteiger partial charge on any atom is -0.384 e. The lowest BCUT2D eigenvalue weighted by Crippen LogP contribution is -2.23. The monoisotopic (exact) mass is 290 g/mol. The van der Waals surface area contributed by atoms with E-state index in [2.05, 4.69) is 37.1 Å².